The fourth-order valence-corrected chi connectivity index (χ4v) is 8.19. The molecule has 0 aromatic carbocycles. The Morgan fingerprint density at radius 1 is 0.696 bits per heavy atom. The third-order valence-electron chi connectivity index (χ3n) is 9.91. The van der Waals surface area contributed by atoms with Crippen LogP contribution in [0.5, 0.6) is 0 Å². The predicted octanol–water partition coefficient (Wildman–Crippen LogP) is 1.93. The first kappa shape index (κ1) is 38.6. The Hall–Kier alpha value is -5.64. The van der Waals surface area contributed by atoms with Crippen LogP contribution in [0.3, 0.4) is 0 Å². The lowest BCUT2D eigenvalue weighted by molar-refractivity contribution is 0.0684. The van der Waals surface area contributed by atoms with Gasteiger partial charge in [0.1, 0.15) is 22.8 Å². The van der Waals surface area contributed by atoms with E-state index in [4.69, 9.17) is 19.4 Å². The van der Waals surface area contributed by atoms with Gasteiger partial charge in [-0.25, -0.2) is 29.5 Å². The van der Waals surface area contributed by atoms with E-state index in [1.807, 2.05) is 14.1 Å². The average molecular weight is 803 g/mol. The molecule has 0 bridgehead atoms. The lowest BCUT2D eigenvalue weighted by Crippen LogP contribution is -2.37. The number of methoxy groups -OCH3 is 2. The monoisotopic (exact) mass is 802 g/mol. The highest BCUT2D eigenvalue weighted by Crippen LogP contribution is 2.26. The van der Waals surface area contributed by atoms with Crippen molar-refractivity contribution >= 4 is 68.3 Å². The molecule has 4 atom stereocenters. The summed E-state index contributed by atoms with van der Waals surface area (Å²) in [5, 5.41) is 30.4. The van der Waals surface area contributed by atoms with E-state index in [9.17, 15) is 29.4 Å². The van der Waals surface area contributed by atoms with E-state index in [1.54, 1.807) is 70.8 Å². The van der Waals surface area contributed by atoms with Crippen molar-refractivity contribution in [3.8, 4) is 10.3 Å². The minimum atomic E-state index is -1.28. The second-order valence-electron chi connectivity index (χ2n) is 13.0. The molecule has 4 N–H and O–H groups in total. The van der Waals surface area contributed by atoms with Gasteiger partial charge in [0.2, 0.25) is 10.9 Å². The van der Waals surface area contributed by atoms with Crippen LogP contribution in [0.15, 0.2) is 69.4 Å². The number of thiazole rings is 2. The van der Waals surface area contributed by atoms with Crippen molar-refractivity contribution in [1.82, 2.24) is 39.7 Å². The molecule has 2 fully saturated rings. The second kappa shape index (κ2) is 16.2. The summed E-state index contributed by atoms with van der Waals surface area (Å²) in [6.45, 7) is 2.74. The van der Waals surface area contributed by atoms with E-state index in [2.05, 4.69) is 30.4 Å². The lowest BCUT2D eigenvalue weighted by Gasteiger charge is -2.18. The van der Waals surface area contributed by atoms with E-state index in [0.29, 0.717) is 59.4 Å². The van der Waals surface area contributed by atoms with Crippen LogP contribution >= 0.6 is 22.7 Å². The van der Waals surface area contributed by atoms with Crippen LogP contribution < -0.4 is 31.3 Å². The van der Waals surface area contributed by atoms with Gasteiger partial charge in [-0.1, -0.05) is 0 Å². The van der Waals surface area contributed by atoms with Crippen LogP contribution in [0.25, 0.3) is 32.3 Å². The molecule has 8 rings (SSSR count). The first-order valence-electron chi connectivity index (χ1n) is 17.4. The highest BCUT2D eigenvalue weighted by molar-refractivity contribution is 7.12. The maximum absolute atomic E-state index is 12.6. The molecule has 8 heterocycles. The Balaban J connectivity index is 0.000000172. The number of aromatic carboxylic acids is 2. The lowest BCUT2D eigenvalue weighted by atomic mass is 10.2. The first-order chi connectivity index (χ1) is 27.1. The van der Waals surface area contributed by atoms with Gasteiger partial charge in [0.15, 0.2) is 21.6 Å². The first-order valence-corrected chi connectivity index (χ1v) is 19.1. The van der Waals surface area contributed by atoms with E-state index in [0.717, 1.165) is 0 Å². The number of carboxylic acid groups (broad SMARTS) is 2. The van der Waals surface area contributed by atoms with Gasteiger partial charge in [-0.15, -0.1) is 22.7 Å². The number of rotatable bonds is 10. The highest BCUT2D eigenvalue weighted by Gasteiger charge is 2.34. The van der Waals surface area contributed by atoms with Crippen molar-refractivity contribution in [3.05, 3.63) is 91.4 Å². The molecule has 0 aliphatic carbocycles. The number of nitrogens with zero attached hydrogens (tertiary/aromatic N) is 8. The number of likely N-dealkylation sites (N-methyl/N-ethyl adjacent to an activating group) is 2. The Morgan fingerprint density at radius 3 is 1.41 bits per heavy atom. The fraction of sp³-hybridized carbons (Fsp3) is 0.333. The van der Waals surface area contributed by atoms with Gasteiger partial charge in [-0.2, -0.15) is 0 Å². The van der Waals surface area contributed by atoms with Gasteiger partial charge in [-0.05, 0) is 38.4 Å². The molecule has 292 valence electrons. The molecule has 0 amide bonds. The maximum atomic E-state index is 12.6. The summed E-state index contributed by atoms with van der Waals surface area (Å²) in [4.78, 5) is 70.3. The maximum Gasteiger partial charge on any atom is 0.341 e. The number of fused-ring (bicyclic) bond motifs is 2. The highest BCUT2D eigenvalue weighted by atomic mass is 32.1. The van der Waals surface area contributed by atoms with Crippen molar-refractivity contribution in [2.24, 2.45) is 0 Å². The van der Waals surface area contributed by atoms with Crippen LogP contribution in [0.1, 0.15) is 20.7 Å². The van der Waals surface area contributed by atoms with Crippen LogP contribution in [0.2, 0.25) is 0 Å². The third-order valence-corrected chi connectivity index (χ3v) is 11.5. The number of ether oxygens (including phenoxy) is 2. The molecular weight excluding hydrogens is 765 g/mol. The molecule has 20 heteroatoms. The Kier molecular flexibility index (Phi) is 11.2. The Bertz CT molecular complexity index is 2310. The number of nitrogens with one attached hydrogen (secondary N) is 2. The SMILES string of the molecule is CN[C@H]1CN(c2ccc3c(=O)c(C(=O)O)cn(-c4nccs4)c3n2)C[C@@H]1OC.CN[C@H]1CN(c2ccc3c(=O)c(C(=O)O)cn(-c4nccs4)c3n2)C[C@@H]1OC. The molecule has 2 aliphatic heterocycles. The molecule has 2 saturated heterocycles. The number of carbonyl (C=O) groups is 2. The van der Waals surface area contributed by atoms with Crippen molar-refractivity contribution in [3.63, 3.8) is 0 Å². The van der Waals surface area contributed by atoms with Crippen LogP contribution in [-0.2, 0) is 9.47 Å². The molecule has 2 aliphatic rings. The largest absolute Gasteiger partial charge is 0.477 e. The summed E-state index contributed by atoms with van der Waals surface area (Å²) in [7, 11) is 7.14. The Labute approximate surface area is 326 Å². The molecule has 18 nitrogen and oxygen atoms in total. The molecule has 0 radical (unpaired) electrons. The predicted molar refractivity (Wildman–Crippen MR) is 212 cm³/mol. The fourth-order valence-electron chi connectivity index (χ4n) is 6.96. The van der Waals surface area contributed by atoms with Gasteiger partial charge >= 0.3 is 11.9 Å². The van der Waals surface area contributed by atoms with Crippen LogP contribution in [0, 0.1) is 0 Å². The van der Waals surface area contributed by atoms with Crippen molar-refractivity contribution in [1.29, 1.82) is 0 Å². The minimum absolute atomic E-state index is 0.0260. The standard InChI is InChI=1S/2C18H19N5O4S/c2*1-19-12-8-22(9-13(12)27-2)14-4-3-10-15(24)11(17(25)26)7-23(16(10)21-14)18-20-5-6-28-18/h2*3-7,12-13,19H,8-9H2,1-2H3,(H,25,26)/t2*12-,13-/m00/s1. The summed E-state index contributed by atoms with van der Waals surface area (Å²) < 4.78 is 14.2. The normalized spacial score (nSPS) is 19.4. The number of hydrogen-bond donors (Lipinski definition) is 4. The Morgan fingerprint density at radius 2 is 1.11 bits per heavy atom. The number of pyridine rings is 4. The zero-order valence-corrected chi connectivity index (χ0v) is 32.3. The molecule has 6 aromatic rings. The number of hydrogen-bond acceptors (Lipinski definition) is 16. The molecule has 56 heavy (non-hydrogen) atoms. The average Bonchev–Trinajstić information content (AvgIpc) is 4.05. The summed E-state index contributed by atoms with van der Waals surface area (Å²) in [5.41, 5.74) is -0.979. The summed E-state index contributed by atoms with van der Waals surface area (Å²) in [5.74, 6) is -1.17. The van der Waals surface area contributed by atoms with Crippen LogP contribution in [-0.4, -0.2) is 130 Å². The van der Waals surface area contributed by atoms with Crippen molar-refractivity contribution < 1.29 is 29.3 Å². The topological polar surface area (TPSA) is 219 Å². The van der Waals surface area contributed by atoms with Crippen LogP contribution in [0.4, 0.5) is 11.6 Å². The summed E-state index contributed by atoms with van der Waals surface area (Å²) >= 11 is 2.67. The molecule has 0 saturated carbocycles. The quantitative estimate of drug-likeness (QED) is 0.156. The molecule has 0 spiro atoms. The number of anilines is 2. The smallest absolute Gasteiger partial charge is 0.341 e. The van der Waals surface area contributed by atoms with E-state index < -0.39 is 22.8 Å². The minimum Gasteiger partial charge on any atom is -0.477 e. The molecule has 0 unspecified atom stereocenters. The van der Waals surface area contributed by atoms with Gasteiger partial charge in [-0.3, -0.25) is 18.7 Å². The third kappa shape index (κ3) is 7.24. The van der Waals surface area contributed by atoms with Gasteiger partial charge in [0.25, 0.3) is 0 Å². The van der Waals surface area contributed by atoms with Gasteiger partial charge in [0.05, 0.1) is 35.1 Å². The number of aromatic nitrogens is 6. The molecular formula is C36H38N10O8S2. The number of carboxylic acids is 2. The van der Waals surface area contributed by atoms with E-state index in [-0.39, 0.29) is 46.2 Å². The van der Waals surface area contributed by atoms with E-state index >= 15 is 0 Å². The summed E-state index contributed by atoms with van der Waals surface area (Å²) in [6.07, 6.45) is 5.88. The van der Waals surface area contributed by atoms with Crippen molar-refractivity contribution in [2.75, 3.05) is 64.3 Å². The zero-order chi connectivity index (χ0) is 39.7. The second-order valence-corrected chi connectivity index (χ2v) is 14.7. The zero-order valence-electron chi connectivity index (χ0n) is 30.6. The van der Waals surface area contributed by atoms with Gasteiger partial charge in [0, 0.05) is 75.9 Å². The van der Waals surface area contributed by atoms with Crippen molar-refractivity contribution in [2.45, 2.75) is 24.3 Å². The van der Waals surface area contributed by atoms with E-state index in [1.165, 1.54) is 35.1 Å². The van der Waals surface area contributed by atoms with Gasteiger partial charge < -0.3 is 40.1 Å². The summed E-state index contributed by atoms with van der Waals surface area (Å²) in [6, 6.07) is 7.07. The molecule has 6 aromatic heterocycles.